The summed E-state index contributed by atoms with van der Waals surface area (Å²) in [5.41, 5.74) is 0. The molecular weight excluding hydrogens is 105 g/mol. The van der Waals surface area contributed by atoms with Gasteiger partial charge in [0.05, 0.1) is 0 Å². The number of nitro groups is 1. The van der Waals surface area contributed by atoms with Gasteiger partial charge in [0.2, 0.25) is 0 Å². The molecule has 0 aliphatic carbocycles. The maximum Gasteiger partial charge on any atom is 1.00 e. The third-order valence-corrected chi connectivity index (χ3v) is 0.365. The first-order valence-electron chi connectivity index (χ1n) is 1.59. The first-order chi connectivity index (χ1) is 2.64. The van der Waals surface area contributed by atoms with Crippen LogP contribution in [0.3, 0.4) is 0 Å². The summed E-state index contributed by atoms with van der Waals surface area (Å²) in [7, 11) is 0. The molecule has 0 radical (unpaired) electrons. The van der Waals surface area contributed by atoms with Gasteiger partial charge in [-0.25, -0.2) is 0 Å². The molecule has 4 heteroatoms. The molecule has 0 saturated carbocycles. The van der Waals surface area contributed by atoms with Crippen LogP contribution in [0.2, 0.25) is 0 Å². The minimum Gasteiger partial charge on any atom is -0.295 e. The van der Waals surface area contributed by atoms with Gasteiger partial charge in [-0.1, -0.05) is 6.04 Å². The average Bonchev–Trinajstić information content (AvgIpc) is 1.36. The predicted molar refractivity (Wildman–Crippen MR) is 21.6 cm³/mol. The molecule has 0 rings (SSSR count). The summed E-state index contributed by atoms with van der Waals surface area (Å²) in [6, 6.07) is 0.231. The molecule has 3 nitrogen and oxygen atoms in total. The minimum absolute atomic E-state index is 0. The van der Waals surface area contributed by atoms with Crippen molar-refractivity contribution in [2.24, 2.45) is 0 Å². The Balaban J connectivity index is 0. The normalized spacial score (nSPS) is 6.57. The maximum atomic E-state index is 9.47. The molecule has 0 heterocycles. The van der Waals surface area contributed by atoms with Gasteiger partial charge in [-0.15, -0.1) is 18.8 Å². The Hall–Kier alpha value is 0.270. The van der Waals surface area contributed by atoms with Crippen molar-refractivity contribution in [2.45, 2.75) is 13.8 Å². The number of rotatable bonds is 1. The number of hydrogen-bond donors (Lipinski definition) is 0. The minimum atomic E-state index is -0.417. The van der Waals surface area contributed by atoms with Crippen LogP contribution in [-0.2, 0) is 0 Å². The van der Waals surface area contributed by atoms with Crippen LogP contribution in [0.25, 0.3) is 0 Å². The maximum absolute atomic E-state index is 9.47. The predicted octanol–water partition coefficient (Wildman–Crippen LogP) is -2.16. The second-order valence-corrected chi connectivity index (χ2v) is 1.20. The van der Waals surface area contributed by atoms with Gasteiger partial charge in [0.15, 0.2) is 0 Å². The van der Waals surface area contributed by atoms with Gasteiger partial charge in [-0.3, -0.25) is 10.1 Å². The van der Waals surface area contributed by atoms with E-state index in [-0.39, 0.29) is 35.6 Å². The Morgan fingerprint density at radius 1 is 1.57 bits per heavy atom. The molecule has 0 aromatic rings. The second-order valence-electron chi connectivity index (χ2n) is 1.20. The largest absolute Gasteiger partial charge is 1.00 e. The number of nitrogens with zero attached hydrogens (tertiary/aromatic N) is 1. The van der Waals surface area contributed by atoms with Crippen molar-refractivity contribution < 1.29 is 34.5 Å². The standard InChI is InChI=1S/C3H6NO2.Na/c1-3(2)4(5)6;/h1-2H3;/q-1;+1. The molecule has 0 amide bonds. The molecule has 0 saturated heterocycles. The van der Waals surface area contributed by atoms with Crippen LogP contribution in [-0.4, -0.2) is 4.92 Å². The Kier molecular flexibility index (Phi) is 6.51. The summed E-state index contributed by atoms with van der Waals surface area (Å²) in [5, 5.41) is 9.47. The molecule has 7 heavy (non-hydrogen) atoms. The van der Waals surface area contributed by atoms with E-state index in [1.165, 1.54) is 13.8 Å². The van der Waals surface area contributed by atoms with Crippen molar-refractivity contribution in [3.63, 3.8) is 0 Å². The van der Waals surface area contributed by atoms with Gasteiger partial charge in [0.1, 0.15) is 0 Å². The zero-order valence-corrected chi connectivity index (χ0v) is 6.76. The Morgan fingerprint density at radius 3 is 1.71 bits per heavy atom. The summed E-state index contributed by atoms with van der Waals surface area (Å²) in [5.74, 6) is 0. The van der Waals surface area contributed by atoms with Gasteiger partial charge >= 0.3 is 29.6 Å². The van der Waals surface area contributed by atoms with E-state index in [1.807, 2.05) is 0 Å². The molecule has 0 aromatic carbocycles. The quantitative estimate of drug-likeness (QED) is 0.167. The third-order valence-electron chi connectivity index (χ3n) is 0.365. The fraction of sp³-hybridized carbons (Fsp3) is 0.667. The van der Waals surface area contributed by atoms with Crippen molar-refractivity contribution in [1.82, 2.24) is 0 Å². The van der Waals surface area contributed by atoms with Crippen molar-refractivity contribution in [3.8, 4) is 0 Å². The van der Waals surface area contributed by atoms with Crippen LogP contribution < -0.4 is 29.6 Å². The third kappa shape index (κ3) is 6.27. The number of hydrogen-bond acceptors (Lipinski definition) is 2. The molecule has 0 aliphatic rings. The van der Waals surface area contributed by atoms with Crippen LogP contribution in [0.4, 0.5) is 0 Å². The van der Waals surface area contributed by atoms with Crippen LogP contribution in [0.1, 0.15) is 13.8 Å². The van der Waals surface area contributed by atoms with E-state index < -0.39 is 4.92 Å². The monoisotopic (exact) mass is 111 g/mol. The molecule has 0 atom stereocenters. The summed E-state index contributed by atoms with van der Waals surface area (Å²) >= 11 is 0. The fourth-order valence-corrected chi connectivity index (χ4v) is 0. The van der Waals surface area contributed by atoms with Crippen molar-refractivity contribution in [3.05, 3.63) is 16.2 Å². The first-order valence-corrected chi connectivity index (χ1v) is 1.59. The Bertz CT molecular complexity index is 64.0. The van der Waals surface area contributed by atoms with Gasteiger partial charge in [0, 0.05) is 0 Å². The SMILES string of the molecule is C[C-](C)[N+](=O)[O-].[Na+]. The van der Waals surface area contributed by atoms with Crippen molar-refractivity contribution in [1.29, 1.82) is 0 Å². The summed E-state index contributed by atoms with van der Waals surface area (Å²) in [4.78, 5) is 9.05. The average molecular weight is 111 g/mol. The molecule has 0 N–H and O–H groups in total. The summed E-state index contributed by atoms with van der Waals surface area (Å²) in [6.45, 7) is 2.92. The van der Waals surface area contributed by atoms with Crippen LogP contribution in [0, 0.1) is 16.2 Å². The van der Waals surface area contributed by atoms with Gasteiger partial charge in [-0.2, -0.15) is 0 Å². The van der Waals surface area contributed by atoms with E-state index in [0.29, 0.717) is 0 Å². The van der Waals surface area contributed by atoms with Gasteiger partial charge < -0.3 is 0 Å². The molecule has 0 unspecified atom stereocenters. The van der Waals surface area contributed by atoms with Gasteiger partial charge in [0.25, 0.3) is 0 Å². The van der Waals surface area contributed by atoms with Gasteiger partial charge in [-0.05, 0) is 0 Å². The van der Waals surface area contributed by atoms with E-state index in [2.05, 4.69) is 0 Å². The molecule has 0 spiro atoms. The zero-order valence-electron chi connectivity index (χ0n) is 4.76. The molecule has 0 aliphatic heterocycles. The Morgan fingerprint density at radius 2 is 1.71 bits per heavy atom. The topological polar surface area (TPSA) is 43.1 Å². The zero-order chi connectivity index (χ0) is 5.15. The molecular formula is C3H6NNaO2. The smallest absolute Gasteiger partial charge is 0.295 e. The van der Waals surface area contributed by atoms with Crippen LogP contribution in [0.5, 0.6) is 0 Å². The molecule has 36 valence electrons. The Labute approximate surface area is 64.5 Å². The van der Waals surface area contributed by atoms with E-state index in [9.17, 15) is 10.1 Å². The van der Waals surface area contributed by atoms with E-state index in [4.69, 9.17) is 0 Å². The summed E-state index contributed by atoms with van der Waals surface area (Å²) in [6.07, 6.45) is 0. The molecule has 0 aromatic heterocycles. The van der Waals surface area contributed by atoms with Crippen molar-refractivity contribution in [2.75, 3.05) is 0 Å². The van der Waals surface area contributed by atoms with Crippen LogP contribution >= 0.6 is 0 Å². The molecule has 0 bridgehead atoms. The van der Waals surface area contributed by atoms with E-state index in [0.717, 1.165) is 0 Å². The summed E-state index contributed by atoms with van der Waals surface area (Å²) < 4.78 is 0. The van der Waals surface area contributed by atoms with E-state index in [1.54, 1.807) is 0 Å². The van der Waals surface area contributed by atoms with E-state index >= 15 is 0 Å². The first kappa shape index (κ1) is 10.3. The fourth-order valence-electron chi connectivity index (χ4n) is 0. The molecule has 0 fully saturated rings. The van der Waals surface area contributed by atoms with Crippen molar-refractivity contribution >= 4 is 0 Å². The second kappa shape index (κ2) is 4.43. The van der Waals surface area contributed by atoms with Crippen LogP contribution in [0.15, 0.2) is 0 Å².